The van der Waals surface area contributed by atoms with E-state index >= 15 is 0 Å². The Hall–Kier alpha value is -2.00. The predicted octanol–water partition coefficient (Wildman–Crippen LogP) is 1.00. The Morgan fingerprint density at radius 3 is 2.48 bits per heavy atom. The molecule has 9 nitrogen and oxygen atoms in total. The van der Waals surface area contributed by atoms with Crippen molar-refractivity contribution >= 4 is 11.8 Å². The zero-order valence-corrected chi connectivity index (χ0v) is 17.2. The Balaban J connectivity index is 1.46. The van der Waals surface area contributed by atoms with Crippen LogP contribution in [0.2, 0.25) is 0 Å². The highest BCUT2D eigenvalue weighted by molar-refractivity contribution is 5.80. The second-order valence-corrected chi connectivity index (χ2v) is 8.27. The standard InChI is InChI=1S/C20H31N5O4/c1-15-21-19(29-22-15)17-6-7-24(18(26)14-23-10-12-28-13-11-23)8-9-25(17)20(27)16-4-2-3-5-16/h16-17H,2-14H2,1H3. The van der Waals surface area contributed by atoms with Gasteiger partial charge < -0.3 is 19.1 Å². The van der Waals surface area contributed by atoms with Gasteiger partial charge in [-0.15, -0.1) is 0 Å². The van der Waals surface area contributed by atoms with Crippen LogP contribution in [0.15, 0.2) is 4.52 Å². The molecule has 3 heterocycles. The van der Waals surface area contributed by atoms with E-state index < -0.39 is 0 Å². The molecule has 0 radical (unpaired) electrons. The number of hydrogen-bond donors (Lipinski definition) is 0. The van der Waals surface area contributed by atoms with Crippen molar-refractivity contribution in [3.8, 4) is 0 Å². The normalized spacial score (nSPS) is 24.7. The summed E-state index contributed by atoms with van der Waals surface area (Å²) < 4.78 is 10.8. The van der Waals surface area contributed by atoms with E-state index in [1.807, 2.05) is 9.80 Å². The number of aryl methyl sites for hydroxylation is 1. The molecule has 1 unspecified atom stereocenters. The summed E-state index contributed by atoms with van der Waals surface area (Å²) in [5.41, 5.74) is 0. The monoisotopic (exact) mass is 405 g/mol. The zero-order chi connectivity index (χ0) is 20.2. The van der Waals surface area contributed by atoms with Crippen LogP contribution in [0.25, 0.3) is 0 Å². The van der Waals surface area contributed by atoms with Crippen molar-refractivity contribution in [3.63, 3.8) is 0 Å². The highest BCUT2D eigenvalue weighted by atomic mass is 16.5. The summed E-state index contributed by atoms with van der Waals surface area (Å²) in [6.45, 7) is 6.76. The van der Waals surface area contributed by atoms with E-state index in [0.717, 1.165) is 38.8 Å². The number of morpholine rings is 1. The summed E-state index contributed by atoms with van der Waals surface area (Å²) in [5, 5.41) is 3.92. The number of aromatic nitrogens is 2. The van der Waals surface area contributed by atoms with Crippen molar-refractivity contribution in [3.05, 3.63) is 11.7 Å². The van der Waals surface area contributed by atoms with Crippen molar-refractivity contribution in [1.82, 2.24) is 24.8 Å². The van der Waals surface area contributed by atoms with Crippen molar-refractivity contribution in [2.45, 2.75) is 45.1 Å². The third-order valence-corrected chi connectivity index (χ3v) is 6.29. The zero-order valence-electron chi connectivity index (χ0n) is 17.2. The summed E-state index contributed by atoms with van der Waals surface area (Å²) in [4.78, 5) is 36.4. The van der Waals surface area contributed by atoms with E-state index in [4.69, 9.17) is 9.26 Å². The molecular formula is C20H31N5O4. The molecule has 1 aromatic heterocycles. The van der Waals surface area contributed by atoms with E-state index in [-0.39, 0.29) is 23.8 Å². The number of ether oxygens (including phenoxy) is 1. The van der Waals surface area contributed by atoms with Gasteiger partial charge in [-0.25, -0.2) is 0 Å². The van der Waals surface area contributed by atoms with Gasteiger partial charge in [0, 0.05) is 38.6 Å². The summed E-state index contributed by atoms with van der Waals surface area (Å²) in [7, 11) is 0. The molecular weight excluding hydrogens is 374 g/mol. The summed E-state index contributed by atoms with van der Waals surface area (Å²) in [6.07, 6.45) is 4.74. The van der Waals surface area contributed by atoms with Crippen LogP contribution in [0.3, 0.4) is 0 Å². The maximum absolute atomic E-state index is 13.2. The van der Waals surface area contributed by atoms with Gasteiger partial charge in [0.1, 0.15) is 6.04 Å². The quantitative estimate of drug-likeness (QED) is 0.738. The summed E-state index contributed by atoms with van der Waals surface area (Å²) >= 11 is 0. The number of carbonyl (C=O) groups is 2. The van der Waals surface area contributed by atoms with Gasteiger partial charge in [-0.2, -0.15) is 4.98 Å². The Kier molecular flexibility index (Phi) is 6.44. The van der Waals surface area contributed by atoms with Crippen LogP contribution >= 0.6 is 0 Å². The van der Waals surface area contributed by atoms with E-state index in [9.17, 15) is 9.59 Å². The van der Waals surface area contributed by atoms with Gasteiger partial charge in [0.15, 0.2) is 5.82 Å². The van der Waals surface area contributed by atoms with Gasteiger partial charge in [0.05, 0.1) is 19.8 Å². The van der Waals surface area contributed by atoms with Crippen LogP contribution in [-0.2, 0) is 14.3 Å². The highest BCUT2D eigenvalue weighted by Crippen LogP contribution is 2.32. The van der Waals surface area contributed by atoms with Crippen LogP contribution in [-0.4, -0.2) is 89.1 Å². The van der Waals surface area contributed by atoms with Gasteiger partial charge in [0.25, 0.3) is 0 Å². The molecule has 0 N–H and O–H groups in total. The summed E-state index contributed by atoms with van der Waals surface area (Å²) in [6, 6.07) is -0.259. The molecule has 1 aromatic rings. The molecule has 3 aliphatic rings. The SMILES string of the molecule is Cc1noc(C2CCN(C(=O)CN3CCOCC3)CCN2C(=O)C2CCCC2)n1. The largest absolute Gasteiger partial charge is 0.379 e. The molecule has 1 aliphatic carbocycles. The van der Waals surface area contributed by atoms with Crippen LogP contribution in [0.1, 0.15) is 49.9 Å². The van der Waals surface area contributed by atoms with Crippen molar-refractivity contribution in [2.75, 3.05) is 52.5 Å². The molecule has 3 fully saturated rings. The number of carbonyl (C=O) groups excluding carboxylic acids is 2. The lowest BCUT2D eigenvalue weighted by Crippen LogP contribution is -2.46. The molecule has 4 rings (SSSR count). The van der Waals surface area contributed by atoms with E-state index in [1.165, 1.54) is 0 Å². The average molecular weight is 405 g/mol. The molecule has 1 saturated carbocycles. The Morgan fingerprint density at radius 2 is 1.79 bits per heavy atom. The van der Waals surface area contributed by atoms with Gasteiger partial charge >= 0.3 is 0 Å². The minimum absolute atomic E-state index is 0.0807. The number of nitrogens with zero attached hydrogens (tertiary/aromatic N) is 5. The van der Waals surface area contributed by atoms with Crippen molar-refractivity contribution in [1.29, 1.82) is 0 Å². The molecule has 2 aliphatic heterocycles. The lowest BCUT2D eigenvalue weighted by Gasteiger charge is -2.30. The topological polar surface area (TPSA) is 92.0 Å². The maximum atomic E-state index is 13.2. The van der Waals surface area contributed by atoms with Crippen LogP contribution in [0.5, 0.6) is 0 Å². The second kappa shape index (κ2) is 9.21. The smallest absolute Gasteiger partial charge is 0.249 e. The first-order valence-corrected chi connectivity index (χ1v) is 10.8. The van der Waals surface area contributed by atoms with E-state index in [0.29, 0.717) is 57.5 Å². The fourth-order valence-electron chi connectivity index (χ4n) is 4.61. The molecule has 0 bridgehead atoms. The first-order chi connectivity index (χ1) is 14.1. The maximum Gasteiger partial charge on any atom is 0.249 e. The fourth-order valence-corrected chi connectivity index (χ4v) is 4.61. The third kappa shape index (κ3) is 4.78. The molecule has 1 atom stereocenters. The molecule has 2 amide bonds. The third-order valence-electron chi connectivity index (χ3n) is 6.29. The Bertz CT molecular complexity index is 711. The first-order valence-electron chi connectivity index (χ1n) is 10.8. The fraction of sp³-hybridized carbons (Fsp3) is 0.800. The molecule has 29 heavy (non-hydrogen) atoms. The van der Waals surface area contributed by atoms with Gasteiger partial charge in [-0.3, -0.25) is 14.5 Å². The molecule has 0 spiro atoms. The number of rotatable bonds is 4. The first kappa shape index (κ1) is 20.3. The van der Waals surface area contributed by atoms with Gasteiger partial charge in [-0.1, -0.05) is 18.0 Å². The Labute approximate surface area is 171 Å². The second-order valence-electron chi connectivity index (χ2n) is 8.27. The van der Waals surface area contributed by atoms with Crippen LogP contribution in [0.4, 0.5) is 0 Å². The number of hydrogen-bond acceptors (Lipinski definition) is 7. The van der Waals surface area contributed by atoms with Crippen molar-refractivity contribution < 1.29 is 18.8 Å². The van der Waals surface area contributed by atoms with Crippen LogP contribution in [0, 0.1) is 12.8 Å². The van der Waals surface area contributed by atoms with Crippen molar-refractivity contribution in [2.24, 2.45) is 5.92 Å². The molecule has 160 valence electrons. The predicted molar refractivity (Wildman–Crippen MR) is 104 cm³/mol. The van der Waals surface area contributed by atoms with E-state index in [1.54, 1.807) is 6.92 Å². The van der Waals surface area contributed by atoms with Gasteiger partial charge in [0.2, 0.25) is 17.7 Å². The minimum atomic E-state index is -0.259. The molecule has 0 aromatic carbocycles. The highest BCUT2D eigenvalue weighted by Gasteiger charge is 2.37. The Morgan fingerprint density at radius 1 is 1.03 bits per heavy atom. The van der Waals surface area contributed by atoms with Crippen LogP contribution < -0.4 is 0 Å². The molecule has 2 saturated heterocycles. The van der Waals surface area contributed by atoms with Gasteiger partial charge in [-0.05, 0) is 26.2 Å². The lowest BCUT2D eigenvalue weighted by molar-refractivity contribution is -0.139. The number of amides is 2. The minimum Gasteiger partial charge on any atom is -0.379 e. The van der Waals surface area contributed by atoms with E-state index in [2.05, 4.69) is 15.0 Å². The summed E-state index contributed by atoms with van der Waals surface area (Å²) in [5.74, 6) is 1.42. The lowest BCUT2D eigenvalue weighted by atomic mass is 10.0. The molecule has 9 heteroatoms. The average Bonchev–Trinajstić information content (AvgIpc) is 3.36.